The van der Waals surface area contributed by atoms with Crippen molar-refractivity contribution in [2.24, 2.45) is 0 Å². The maximum absolute atomic E-state index is 12.1. The lowest BCUT2D eigenvalue weighted by Crippen LogP contribution is -2.23. The number of rotatable bonds is 7. The van der Waals surface area contributed by atoms with Crippen LogP contribution in [-0.2, 0) is 30.8 Å². The number of carbonyl (C=O) groups is 2. The van der Waals surface area contributed by atoms with E-state index in [1.165, 1.54) is 37.6 Å². The number of benzene rings is 1. The molecule has 0 unspecified atom stereocenters. The summed E-state index contributed by atoms with van der Waals surface area (Å²) in [4.78, 5) is 22.6. The van der Waals surface area contributed by atoms with Gasteiger partial charge in [-0.25, -0.2) is 22.7 Å². The summed E-state index contributed by atoms with van der Waals surface area (Å²) in [7, 11) is -2.57. The number of ether oxygens (including phenoxy) is 2. The normalized spacial score (nSPS) is 11.0. The van der Waals surface area contributed by atoms with Crippen LogP contribution >= 0.6 is 0 Å². The fourth-order valence-electron chi connectivity index (χ4n) is 1.70. The van der Waals surface area contributed by atoms with Crippen LogP contribution < -0.4 is 4.72 Å². The molecule has 1 N–H and O–H groups in total. The molecule has 0 aliphatic carbocycles. The Kier molecular flexibility index (Phi) is 5.72. The molecular weight excluding hydrogens is 338 g/mol. The van der Waals surface area contributed by atoms with Gasteiger partial charge in [-0.15, -0.1) is 0 Å². The molecule has 9 heteroatoms. The second-order valence-electron chi connectivity index (χ2n) is 4.58. The molecule has 0 atom stereocenters. The Morgan fingerprint density at radius 1 is 1.17 bits per heavy atom. The second-order valence-corrected chi connectivity index (χ2v) is 6.35. The first-order valence-electron chi connectivity index (χ1n) is 6.78. The monoisotopic (exact) mass is 353 g/mol. The molecule has 0 bridgehead atoms. The van der Waals surface area contributed by atoms with E-state index in [9.17, 15) is 18.0 Å². The Bertz CT molecular complexity index is 795. The Balaban J connectivity index is 1.99. The van der Waals surface area contributed by atoms with Crippen LogP contribution in [-0.4, -0.2) is 34.1 Å². The third kappa shape index (κ3) is 4.67. The Labute approximate surface area is 138 Å². The molecule has 0 aliphatic rings. The minimum Gasteiger partial charge on any atom is -0.468 e. The Morgan fingerprint density at radius 2 is 1.88 bits per heavy atom. The van der Waals surface area contributed by atoms with E-state index in [2.05, 4.69) is 9.46 Å². The number of hydrogen-bond acceptors (Lipinski definition) is 7. The molecular formula is C15H15NO7S. The van der Waals surface area contributed by atoms with Gasteiger partial charge >= 0.3 is 11.9 Å². The number of carbonyl (C=O) groups excluding carboxylic acids is 2. The average molecular weight is 353 g/mol. The van der Waals surface area contributed by atoms with Gasteiger partial charge in [-0.1, -0.05) is 0 Å². The first-order valence-corrected chi connectivity index (χ1v) is 8.27. The number of esters is 2. The van der Waals surface area contributed by atoms with Gasteiger partial charge in [-0.3, -0.25) is 0 Å². The molecule has 1 aromatic heterocycles. The summed E-state index contributed by atoms with van der Waals surface area (Å²) in [5.41, 5.74) is 0.115. The topological polar surface area (TPSA) is 112 Å². The Hall–Kier alpha value is -2.65. The van der Waals surface area contributed by atoms with Crippen molar-refractivity contribution in [1.82, 2.24) is 4.72 Å². The minimum absolute atomic E-state index is 0.0122. The van der Waals surface area contributed by atoms with Crippen molar-refractivity contribution in [3.05, 3.63) is 54.0 Å². The molecule has 0 saturated heterocycles. The zero-order valence-electron chi connectivity index (χ0n) is 12.7. The third-order valence-electron chi connectivity index (χ3n) is 2.97. The summed E-state index contributed by atoms with van der Waals surface area (Å²) in [5, 5.41) is 0. The van der Waals surface area contributed by atoms with E-state index in [1.807, 2.05) is 0 Å². The van der Waals surface area contributed by atoms with E-state index < -0.39 is 28.6 Å². The highest BCUT2D eigenvalue weighted by molar-refractivity contribution is 7.89. The summed E-state index contributed by atoms with van der Waals surface area (Å²) in [6, 6.07) is 8.40. The fourth-order valence-corrected chi connectivity index (χ4v) is 2.69. The van der Waals surface area contributed by atoms with Crippen LogP contribution in [0.2, 0.25) is 0 Å². The van der Waals surface area contributed by atoms with Gasteiger partial charge in [0.1, 0.15) is 5.76 Å². The average Bonchev–Trinajstić information content (AvgIpc) is 3.11. The summed E-state index contributed by atoms with van der Waals surface area (Å²) in [6.45, 7) is -0.502. The van der Waals surface area contributed by atoms with Gasteiger partial charge in [0.2, 0.25) is 10.0 Å². The van der Waals surface area contributed by atoms with Crippen LogP contribution in [0.25, 0.3) is 0 Å². The van der Waals surface area contributed by atoms with E-state index in [0.29, 0.717) is 5.76 Å². The van der Waals surface area contributed by atoms with Gasteiger partial charge < -0.3 is 13.9 Å². The van der Waals surface area contributed by atoms with Crippen LogP contribution in [0.1, 0.15) is 16.1 Å². The number of nitrogens with one attached hydrogen (secondary N) is 1. The molecule has 24 heavy (non-hydrogen) atoms. The van der Waals surface area contributed by atoms with Crippen molar-refractivity contribution < 1.29 is 31.9 Å². The fraction of sp³-hybridized carbons (Fsp3) is 0.200. The van der Waals surface area contributed by atoms with Gasteiger partial charge in [-0.05, 0) is 36.4 Å². The maximum Gasteiger partial charge on any atom is 0.344 e. The van der Waals surface area contributed by atoms with Crippen LogP contribution in [0.5, 0.6) is 0 Å². The standard InChI is InChI=1S/C15H15NO7S/c1-21-14(17)10-23-15(18)11-4-6-13(7-5-11)24(19,20)16-9-12-3-2-8-22-12/h2-8,16H,9-10H2,1H3. The molecule has 0 fully saturated rings. The molecule has 8 nitrogen and oxygen atoms in total. The minimum atomic E-state index is -3.74. The van der Waals surface area contributed by atoms with Crippen LogP contribution in [0.15, 0.2) is 52.0 Å². The van der Waals surface area contributed by atoms with E-state index in [-0.39, 0.29) is 17.0 Å². The van der Waals surface area contributed by atoms with Crippen LogP contribution in [0.4, 0.5) is 0 Å². The van der Waals surface area contributed by atoms with Gasteiger partial charge in [-0.2, -0.15) is 0 Å². The number of hydrogen-bond donors (Lipinski definition) is 1. The summed E-state index contributed by atoms with van der Waals surface area (Å²) < 4.78 is 40.7. The van der Waals surface area contributed by atoms with Crippen molar-refractivity contribution in [1.29, 1.82) is 0 Å². The van der Waals surface area contributed by atoms with E-state index in [1.54, 1.807) is 12.1 Å². The maximum atomic E-state index is 12.1. The first-order chi connectivity index (χ1) is 11.4. The molecule has 128 valence electrons. The molecule has 1 aromatic carbocycles. The zero-order chi connectivity index (χ0) is 17.6. The molecule has 0 amide bonds. The van der Waals surface area contributed by atoms with Crippen molar-refractivity contribution in [3.8, 4) is 0 Å². The number of methoxy groups -OCH3 is 1. The van der Waals surface area contributed by atoms with Gasteiger partial charge in [0, 0.05) is 0 Å². The van der Waals surface area contributed by atoms with Crippen molar-refractivity contribution in [2.45, 2.75) is 11.4 Å². The van der Waals surface area contributed by atoms with Crippen molar-refractivity contribution >= 4 is 22.0 Å². The van der Waals surface area contributed by atoms with E-state index in [4.69, 9.17) is 9.15 Å². The highest BCUT2D eigenvalue weighted by atomic mass is 32.2. The van der Waals surface area contributed by atoms with Gasteiger partial charge in [0.15, 0.2) is 6.61 Å². The van der Waals surface area contributed by atoms with Crippen LogP contribution in [0.3, 0.4) is 0 Å². The summed E-state index contributed by atoms with van der Waals surface area (Å²) in [5.74, 6) is -0.973. The van der Waals surface area contributed by atoms with Crippen molar-refractivity contribution in [2.75, 3.05) is 13.7 Å². The molecule has 0 aliphatic heterocycles. The largest absolute Gasteiger partial charge is 0.468 e. The van der Waals surface area contributed by atoms with Crippen LogP contribution in [0, 0.1) is 0 Å². The molecule has 0 spiro atoms. The zero-order valence-corrected chi connectivity index (χ0v) is 13.5. The predicted octanol–water partition coefficient (Wildman–Crippen LogP) is 1.09. The molecule has 0 radical (unpaired) electrons. The second kappa shape index (κ2) is 7.75. The highest BCUT2D eigenvalue weighted by Crippen LogP contribution is 2.12. The van der Waals surface area contributed by atoms with Gasteiger partial charge in [0.25, 0.3) is 0 Å². The predicted molar refractivity (Wildman–Crippen MR) is 81.5 cm³/mol. The van der Waals surface area contributed by atoms with Crippen molar-refractivity contribution in [3.63, 3.8) is 0 Å². The lowest BCUT2D eigenvalue weighted by molar-refractivity contribution is -0.144. The third-order valence-corrected chi connectivity index (χ3v) is 4.38. The Morgan fingerprint density at radius 3 is 2.46 bits per heavy atom. The molecule has 2 aromatic rings. The SMILES string of the molecule is COC(=O)COC(=O)c1ccc(S(=O)(=O)NCc2ccco2)cc1. The lowest BCUT2D eigenvalue weighted by atomic mass is 10.2. The summed E-state index contributed by atoms with van der Waals surface area (Å²) in [6.07, 6.45) is 1.44. The smallest absolute Gasteiger partial charge is 0.344 e. The number of furan rings is 1. The molecule has 0 saturated carbocycles. The first kappa shape index (κ1) is 17.7. The van der Waals surface area contributed by atoms with E-state index >= 15 is 0 Å². The highest BCUT2D eigenvalue weighted by Gasteiger charge is 2.16. The summed E-state index contributed by atoms with van der Waals surface area (Å²) >= 11 is 0. The molecule has 1 heterocycles. The van der Waals surface area contributed by atoms with E-state index in [0.717, 1.165) is 0 Å². The quantitative estimate of drug-likeness (QED) is 0.741. The number of sulfonamides is 1. The lowest BCUT2D eigenvalue weighted by Gasteiger charge is -2.07. The molecule has 2 rings (SSSR count). The van der Waals surface area contributed by atoms with Gasteiger partial charge in [0.05, 0.1) is 30.4 Å².